The fourth-order valence-electron chi connectivity index (χ4n) is 4.18. The molecule has 4 aromatic carbocycles. The molecule has 0 bridgehead atoms. The number of rotatable bonds is 6. The van der Waals surface area contributed by atoms with E-state index in [4.69, 9.17) is 0 Å². The predicted molar refractivity (Wildman–Crippen MR) is 129 cm³/mol. The van der Waals surface area contributed by atoms with Gasteiger partial charge in [0.15, 0.2) is 0 Å². The van der Waals surface area contributed by atoms with Gasteiger partial charge in [-0.2, -0.15) is 0 Å². The Morgan fingerprint density at radius 1 is 0.645 bits per heavy atom. The van der Waals surface area contributed by atoms with Gasteiger partial charge < -0.3 is 0 Å². The maximum absolute atomic E-state index is 12.5. The molecule has 0 saturated heterocycles. The Balaban J connectivity index is 1.69. The summed E-state index contributed by atoms with van der Waals surface area (Å²) >= 11 is 0.000552. The first-order valence-corrected chi connectivity index (χ1v) is 12.3. The molecule has 1 saturated carbocycles. The van der Waals surface area contributed by atoms with E-state index in [-0.39, 0.29) is 15.0 Å². The van der Waals surface area contributed by atoms with E-state index < -0.39 is 5.60 Å². The van der Waals surface area contributed by atoms with E-state index in [9.17, 15) is 5.11 Å². The molecule has 0 aromatic heterocycles. The van der Waals surface area contributed by atoms with Crippen molar-refractivity contribution < 1.29 is 5.11 Å². The van der Waals surface area contributed by atoms with Gasteiger partial charge in [0, 0.05) is 0 Å². The Morgan fingerprint density at radius 3 is 1.61 bits per heavy atom. The minimum absolute atomic E-state index is 0.000552. The molecule has 2 heteroatoms. The van der Waals surface area contributed by atoms with Gasteiger partial charge in [-0.3, -0.25) is 0 Å². The van der Waals surface area contributed by atoms with Crippen molar-refractivity contribution in [1.82, 2.24) is 0 Å². The van der Waals surface area contributed by atoms with Crippen molar-refractivity contribution in [2.24, 2.45) is 0 Å². The Kier molecular flexibility index (Phi) is 5.61. The Bertz CT molecular complexity index is 1130. The van der Waals surface area contributed by atoms with Crippen molar-refractivity contribution in [3.8, 4) is 0 Å². The van der Waals surface area contributed by atoms with Gasteiger partial charge in [0.2, 0.25) is 0 Å². The normalized spacial score (nSPS) is 17.3. The summed E-state index contributed by atoms with van der Waals surface area (Å²) in [4.78, 5) is 0. The van der Waals surface area contributed by atoms with Crippen molar-refractivity contribution in [1.29, 1.82) is 0 Å². The summed E-state index contributed by atoms with van der Waals surface area (Å²) < 4.78 is 2.44. The van der Waals surface area contributed by atoms with E-state index in [1.165, 1.54) is 15.6 Å². The quantitative estimate of drug-likeness (QED) is 0.377. The third-order valence-electron chi connectivity index (χ3n) is 5.85. The molecule has 1 atom stereocenters. The SMILES string of the molecule is OC(C([Se]c1ccccc1)=C1CC1c1ccccc1)(c1ccccc1)c1ccccc1. The van der Waals surface area contributed by atoms with E-state index in [0.29, 0.717) is 5.92 Å². The predicted octanol–water partition coefficient (Wildman–Crippen LogP) is 5.39. The van der Waals surface area contributed by atoms with Gasteiger partial charge in [0.05, 0.1) is 0 Å². The molecule has 1 nitrogen and oxygen atoms in total. The fourth-order valence-corrected chi connectivity index (χ4v) is 6.84. The van der Waals surface area contributed by atoms with Crippen LogP contribution < -0.4 is 4.46 Å². The first-order chi connectivity index (χ1) is 15.3. The van der Waals surface area contributed by atoms with Gasteiger partial charge in [-0.05, 0) is 0 Å². The number of hydrogen-bond acceptors (Lipinski definition) is 1. The van der Waals surface area contributed by atoms with Crippen LogP contribution in [0.25, 0.3) is 0 Å². The summed E-state index contributed by atoms with van der Waals surface area (Å²) in [7, 11) is 0. The summed E-state index contributed by atoms with van der Waals surface area (Å²) in [6.07, 6.45) is 1.01. The van der Waals surface area contributed by atoms with Crippen LogP contribution in [-0.4, -0.2) is 20.1 Å². The van der Waals surface area contributed by atoms with Crippen LogP contribution in [0.3, 0.4) is 0 Å². The molecular weight excluding hydrogens is 443 g/mol. The monoisotopic (exact) mass is 468 g/mol. The van der Waals surface area contributed by atoms with Crippen molar-refractivity contribution in [3.63, 3.8) is 0 Å². The number of hydrogen-bond donors (Lipinski definition) is 1. The van der Waals surface area contributed by atoms with Crippen LogP contribution in [0.4, 0.5) is 0 Å². The molecular formula is C29H24OSe. The van der Waals surface area contributed by atoms with Crippen molar-refractivity contribution in [2.75, 3.05) is 0 Å². The topological polar surface area (TPSA) is 20.2 Å². The zero-order valence-electron chi connectivity index (χ0n) is 17.2. The van der Waals surface area contributed by atoms with Crippen LogP contribution in [-0.2, 0) is 5.60 Å². The fraction of sp³-hybridized carbons (Fsp3) is 0.103. The summed E-state index contributed by atoms with van der Waals surface area (Å²) in [5, 5.41) is 12.5. The molecule has 1 N–H and O–H groups in total. The average Bonchev–Trinajstić information content (AvgIpc) is 3.65. The van der Waals surface area contributed by atoms with Crippen molar-refractivity contribution in [2.45, 2.75) is 17.9 Å². The van der Waals surface area contributed by atoms with Crippen LogP contribution in [0.15, 0.2) is 131 Å². The van der Waals surface area contributed by atoms with E-state index in [1.54, 1.807) is 0 Å². The van der Waals surface area contributed by atoms with Crippen LogP contribution in [0, 0.1) is 0 Å². The molecule has 0 aliphatic heterocycles. The molecule has 1 aliphatic carbocycles. The number of aliphatic hydroxyl groups is 1. The molecule has 152 valence electrons. The van der Waals surface area contributed by atoms with Crippen LogP contribution in [0.5, 0.6) is 0 Å². The second-order valence-electron chi connectivity index (χ2n) is 7.88. The molecule has 0 radical (unpaired) electrons. The van der Waals surface area contributed by atoms with Gasteiger partial charge in [0.1, 0.15) is 0 Å². The summed E-state index contributed by atoms with van der Waals surface area (Å²) in [6, 6.07) is 41.5. The van der Waals surface area contributed by atoms with Crippen molar-refractivity contribution >= 4 is 19.4 Å². The van der Waals surface area contributed by atoms with Crippen LogP contribution in [0.2, 0.25) is 0 Å². The zero-order chi connectivity index (χ0) is 21.1. The van der Waals surface area contributed by atoms with Gasteiger partial charge in [-0.25, -0.2) is 0 Å². The molecule has 1 fully saturated rings. The Labute approximate surface area is 190 Å². The van der Waals surface area contributed by atoms with Gasteiger partial charge in [-0.15, -0.1) is 0 Å². The first kappa shape index (κ1) is 20.0. The van der Waals surface area contributed by atoms with Gasteiger partial charge >= 0.3 is 191 Å². The standard InChI is InChI=1S/C29H24OSe/c30-29(23-15-7-2-8-16-23,24-17-9-3-10-18-24)28(31-25-19-11-4-12-20-25)27-21-26(27)22-13-5-1-6-14-22/h1-20,26,30H,21H2. The minimum atomic E-state index is -1.14. The molecule has 31 heavy (non-hydrogen) atoms. The van der Waals surface area contributed by atoms with Crippen molar-refractivity contribution in [3.05, 3.63) is 148 Å². The van der Waals surface area contributed by atoms with E-state index in [0.717, 1.165) is 22.0 Å². The molecule has 4 aromatic rings. The summed E-state index contributed by atoms with van der Waals surface area (Å²) in [5.74, 6) is 0.390. The molecule has 5 rings (SSSR count). The maximum atomic E-state index is 12.5. The third-order valence-corrected chi connectivity index (χ3v) is 8.52. The second-order valence-corrected chi connectivity index (χ2v) is 10.2. The molecule has 0 amide bonds. The van der Waals surface area contributed by atoms with Crippen LogP contribution in [0.1, 0.15) is 29.0 Å². The molecule has 1 unspecified atom stereocenters. The zero-order valence-corrected chi connectivity index (χ0v) is 18.9. The molecule has 1 aliphatic rings. The van der Waals surface area contributed by atoms with E-state index >= 15 is 0 Å². The Morgan fingerprint density at radius 2 is 1.10 bits per heavy atom. The Hall–Kier alpha value is -2.90. The summed E-state index contributed by atoms with van der Waals surface area (Å²) in [6.45, 7) is 0. The van der Waals surface area contributed by atoms with E-state index in [1.807, 2.05) is 36.4 Å². The number of benzene rings is 4. The third kappa shape index (κ3) is 4.03. The molecule has 0 heterocycles. The molecule has 0 spiro atoms. The van der Waals surface area contributed by atoms with Gasteiger partial charge in [0.25, 0.3) is 0 Å². The first-order valence-electron chi connectivity index (χ1n) is 10.6. The van der Waals surface area contributed by atoms with Crippen LogP contribution >= 0.6 is 0 Å². The number of allylic oxidation sites excluding steroid dienone is 1. The summed E-state index contributed by atoms with van der Waals surface area (Å²) in [5.41, 5.74) is 3.44. The average molecular weight is 467 g/mol. The van der Waals surface area contributed by atoms with E-state index in [2.05, 4.69) is 84.9 Å². The van der Waals surface area contributed by atoms with Gasteiger partial charge in [-0.1, -0.05) is 0 Å². The second kappa shape index (κ2) is 8.69.